The van der Waals surface area contributed by atoms with Crippen LogP contribution in [0.15, 0.2) is 36.5 Å². The van der Waals surface area contributed by atoms with Crippen LogP contribution in [0.1, 0.15) is 35.9 Å². The first-order valence-corrected chi connectivity index (χ1v) is 8.81. The Morgan fingerprint density at radius 3 is 2.70 bits per heavy atom. The van der Waals surface area contributed by atoms with Gasteiger partial charge >= 0.3 is 5.97 Å². The zero-order valence-electron chi connectivity index (χ0n) is 15.0. The molecule has 1 N–H and O–H groups in total. The Balaban J connectivity index is 1.76. The maximum absolute atomic E-state index is 13.0. The van der Waals surface area contributed by atoms with Gasteiger partial charge in [-0.3, -0.25) is 9.78 Å². The Bertz CT molecular complexity index is 1040. The molecule has 138 valence electrons. The van der Waals surface area contributed by atoms with Gasteiger partial charge in [-0.2, -0.15) is 0 Å². The predicted molar refractivity (Wildman–Crippen MR) is 97.7 cm³/mol. The van der Waals surface area contributed by atoms with Crippen LogP contribution in [0.3, 0.4) is 0 Å². The Labute approximate surface area is 155 Å². The van der Waals surface area contributed by atoms with Crippen molar-refractivity contribution in [1.29, 1.82) is 0 Å². The summed E-state index contributed by atoms with van der Waals surface area (Å²) in [6, 6.07) is 8.56. The third-order valence-electron chi connectivity index (χ3n) is 4.89. The number of carbonyl (C=O) groups excluding carboxylic acids is 1. The molecule has 27 heavy (non-hydrogen) atoms. The van der Waals surface area contributed by atoms with Crippen molar-refractivity contribution >= 4 is 22.8 Å². The van der Waals surface area contributed by atoms with Gasteiger partial charge in [0.05, 0.1) is 16.9 Å². The molecule has 1 unspecified atom stereocenters. The minimum atomic E-state index is -1.03. The van der Waals surface area contributed by atoms with Crippen molar-refractivity contribution < 1.29 is 14.7 Å². The number of carbonyl (C=O) groups is 2. The Morgan fingerprint density at radius 2 is 2.00 bits per heavy atom. The molecule has 3 aromatic rings. The second kappa shape index (κ2) is 6.46. The number of fused-ring (bicyclic) bond motifs is 1. The number of amides is 1. The van der Waals surface area contributed by atoms with E-state index in [1.54, 1.807) is 17.8 Å². The van der Waals surface area contributed by atoms with E-state index in [9.17, 15) is 14.7 Å². The number of carboxylic acid groups (broad SMARTS) is 1. The normalized spacial score (nSPS) is 14.9. The van der Waals surface area contributed by atoms with Crippen molar-refractivity contribution in [1.82, 2.24) is 24.9 Å². The number of aromatic nitrogens is 4. The molecule has 0 aliphatic heterocycles. The van der Waals surface area contributed by atoms with E-state index in [0.717, 1.165) is 29.4 Å². The van der Waals surface area contributed by atoms with E-state index >= 15 is 0 Å². The van der Waals surface area contributed by atoms with E-state index in [4.69, 9.17) is 0 Å². The van der Waals surface area contributed by atoms with Crippen molar-refractivity contribution in [3.63, 3.8) is 0 Å². The zero-order valence-corrected chi connectivity index (χ0v) is 15.0. The van der Waals surface area contributed by atoms with Gasteiger partial charge < -0.3 is 10.0 Å². The predicted octanol–water partition coefficient (Wildman–Crippen LogP) is 2.20. The standard InChI is InChI=1S/C19H19N5O3/c1-11-16(18(25)23(14-8-9-14)12(2)19(26)27)21-22-24(11)15-7-3-5-13-6-4-10-20-17(13)15/h3-7,10,12,14H,8-9H2,1-2H3,(H,26,27). The van der Waals surface area contributed by atoms with Crippen LogP contribution in [0.2, 0.25) is 0 Å². The molecule has 1 aromatic carbocycles. The van der Waals surface area contributed by atoms with Crippen LogP contribution in [0.5, 0.6) is 0 Å². The van der Waals surface area contributed by atoms with Gasteiger partial charge in [-0.15, -0.1) is 5.10 Å². The molecular weight excluding hydrogens is 346 g/mol. The fraction of sp³-hybridized carbons (Fsp3) is 0.316. The van der Waals surface area contributed by atoms with Crippen LogP contribution >= 0.6 is 0 Å². The SMILES string of the molecule is Cc1c(C(=O)N(C2CC2)C(C)C(=O)O)nnn1-c1cccc2cccnc12. The summed E-state index contributed by atoms with van der Waals surface area (Å²) in [6.45, 7) is 3.28. The fourth-order valence-electron chi connectivity index (χ4n) is 3.27. The fourth-order valence-corrected chi connectivity index (χ4v) is 3.27. The highest BCUT2D eigenvalue weighted by molar-refractivity contribution is 5.96. The van der Waals surface area contributed by atoms with Crippen molar-refractivity contribution in [3.8, 4) is 5.69 Å². The number of para-hydroxylation sites is 1. The van der Waals surface area contributed by atoms with Crippen LogP contribution in [-0.2, 0) is 4.79 Å². The number of nitrogens with zero attached hydrogens (tertiary/aromatic N) is 5. The molecule has 2 aromatic heterocycles. The van der Waals surface area contributed by atoms with Gasteiger partial charge in [0, 0.05) is 17.6 Å². The molecular formula is C19H19N5O3. The third-order valence-corrected chi connectivity index (χ3v) is 4.89. The number of benzene rings is 1. The Morgan fingerprint density at radius 1 is 1.26 bits per heavy atom. The average molecular weight is 365 g/mol. The summed E-state index contributed by atoms with van der Waals surface area (Å²) in [7, 11) is 0. The molecule has 8 heteroatoms. The molecule has 0 radical (unpaired) electrons. The number of aliphatic carboxylic acids is 1. The summed E-state index contributed by atoms with van der Waals surface area (Å²) in [5.41, 5.74) is 2.20. The van der Waals surface area contributed by atoms with E-state index in [2.05, 4.69) is 15.3 Å². The first kappa shape index (κ1) is 17.1. The lowest BCUT2D eigenvalue weighted by Crippen LogP contribution is -2.45. The van der Waals surface area contributed by atoms with E-state index < -0.39 is 17.9 Å². The number of carboxylic acids is 1. The first-order valence-electron chi connectivity index (χ1n) is 8.81. The van der Waals surface area contributed by atoms with Crippen LogP contribution in [0.4, 0.5) is 0 Å². The van der Waals surface area contributed by atoms with Gasteiger partial charge in [0.1, 0.15) is 6.04 Å². The lowest BCUT2D eigenvalue weighted by atomic mass is 10.2. The largest absolute Gasteiger partial charge is 0.480 e. The van der Waals surface area contributed by atoms with Gasteiger partial charge in [0.15, 0.2) is 5.69 Å². The highest BCUT2D eigenvalue weighted by atomic mass is 16.4. The number of hydrogen-bond donors (Lipinski definition) is 1. The van der Waals surface area contributed by atoms with Crippen molar-refractivity contribution in [3.05, 3.63) is 47.9 Å². The summed E-state index contributed by atoms with van der Waals surface area (Å²) in [4.78, 5) is 30.3. The highest BCUT2D eigenvalue weighted by Gasteiger charge is 2.40. The number of hydrogen-bond acceptors (Lipinski definition) is 5. The Kier molecular flexibility index (Phi) is 4.10. The first-order chi connectivity index (χ1) is 13.0. The maximum Gasteiger partial charge on any atom is 0.326 e. The summed E-state index contributed by atoms with van der Waals surface area (Å²) >= 11 is 0. The van der Waals surface area contributed by atoms with Crippen molar-refractivity contribution in [2.75, 3.05) is 0 Å². The van der Waals surface area contributed by atoms with Crippen molar-refractivity contribution in [2.24, 2.45) is 0 Å². The van der Waals surface area contributed by atoms with Gasteiger partial charge in [-0.25, -0.2) is 9.48 Å². The Hall–Kier alpha value is -3.29. The van der Waals surface area contributed by atoms with Crippen LogP contribution in [0, 0.1) is 6.92 Å². The maximum atomic E-state index is 13.0. The minimum Gasteiger partial charge on any atom is -0.480 e. The van der Waals surface area contributed by atoms with Gasteiger partial charge in [0.2, 0.25) is 0 Å². The van der Waals surface area contributed by atoms with Crippen LogP contribution < -0.4 is 0 Å². The molecule has 1 saturated carbocycles. The number of rotatable bonds is 5. The summed E-state index contributed by atoms with van der Waals surface area (Å²) in [5.74, 6) is -1.43. The number of pyridine rings is 1. The molecule has 0 saturated heterocycles. The van der Waals surface area contributed by atoms with E-state index in [-0.39, 0.29) is 11.7 Å². The minimum absolute atomic E-state index is 0.0487. The lowest BCUT2D eigenvalue weighted by Gasteiger charge is -2.25. The van der Waals surface area contributed by atoms with Gasteiger partial charge in [0.25, 0.3) is 5.91 Å². The molecule has 1 aliphatic carbocycles. The topological polar surface area (TPSA) is 101 Å². The molecule has 1 aliphatic rings. The molecule has 1 amide bonds. The lowest BCUT2D eigenvalue weighted by molar-refractivity contribution is -0.141. The molecule has 0 bridgehead atoms. The van der Waals surface area contributed by atoms with E-state index in [0.29, 0.717) is 5.69 Å². The summed E-state index contributed by atoms with van der Waals surface area (Å²) < 4.78 is 1.58. The quantitative estimate of drug-likeness (QED) is 0.744. The summed E-state index contributed by atoms with van der Waals surface area (Å²) in [5, 5.41) is 18.5. The second-order valence-electron chi connectivity index (χ2n) is 6.75. The molecule has 1 atom stereocenters. The molecule has 0 spiro atoms. The molecule has 2 heterocycles. The summed E-state index contributed by atoms with van der Waals surface area (Å²) in [6.07, 6.45) is 3.32. The van der Waals surface area contributed by atoms with E-state index in [1.165, 1.54) is 11.8 Å². The highest BCUT2D eigenvalue weighted by Crippen LogP contribution is 2.31. The molecule has 1 fully saturated rings. The second-order valence-corrected chi connectivity index (χ2v) is 6.75. The molecule has 4 rings (SSSR count). The van der Waals surface area contributed by atoms with Crippen LogP contribution in [0.25, 0.3) is 16.6 Å². The van der Waals surface area contributed by atoms with Crippen LogP contribution in [-0.4, -0.2) is 53.9 Å². The van der Waals surface area contributed by atoms with Gasteiger partial charge in [-0.1, -0.05) is 23.4 Å². The smallest absolute Gasteiger partial charge is 0.326 e. The third kappa shape index (κ3) is 2.92. The van der Waals surface area contributed by atoms with E-state index in [1.807, 2.05) is 30.3 Å². The van der Waals surface area contributed by atoms with Crippen molar-refractivity contribution in [2.45, 2.75) is 38.8 Å². The average Bonchev–Trinajstić information content (AvgIpc) is 3.42. The molecule has 8 nitrogen and oxygen atoms in total. The monoisotopic (exact) mass is 365 g/mol. The zero-order chi connectivity index (χ0) is 19.1. The van der Waals surface area contributed by atoms with Gasteiger partial charge in [-0.05, 0) is 38.8 Å².